The number of aliphatic hydroxyl groups is 1. The first-order valence-corrected chi connectivity index (χ1v) is 4.67. The lowest BCUT2D eigenvalue weighted by Gasteiger charge is -2.25. The Kier molecular flexibility index (Phi) is 3.17. The van der Waals surface area contributed by atoms with Gasteiger partial charge in [-0.25, -0.2) is 0 Å². The van der Waals surface area contributed by atoms with E-state index in [0.29, 0.717) is 11.3 Å². The summed E-state index contributed by atoms with van der Waals surface area (Å²) in [7, 11) is 0. The van der Waals surface area contributed by atoms with Gasteiger partial charge in [0.1, 0.15) is 6.07 Å². The molecule has 0 saturated carbocycles. The highest BCUT2D eigenvalue weighted by Crippen LogP contribution is 2.20. The zero-order valence-electron chi connectivity index (χ0n) is 8.91. The van der Waals surface area contributed by atoms with Gasteiger partial charge < -0.3 is 16.2 Å². The van der Waals surface area contributed by atoms with Crippen LogP contribution in [0.2, 0.25) is 0 Å². The minimum atomic E-state index is -0.402. The molecule has 0 radical (unpaired) electrons. The molecule has 1 rings (SSSR count). The predicted octanol–water partition coefficient (Wildman–Crippen LogP) is 1.32. The molecule has 1 aromatic carbocycles. The lowest BCUT2D eigenvalue weighted by molar-refractivity contribution is 0.234. The Hall–Kier alpha value is -1.73. The monoisotopic (exact) mass is 205 g/mol. The van der Waals surface area contributed by atoms with Crippen molar-refractivity contribution in [2.75, 3.05) is 17.7 Å². The van der Waals surface area contributed by atoms with E-state index >= 15 is 0 Å². The molecule has 0 unspecified atom stereocenters. The molecular formula is C11H15N3O. The minimum Gasteiger partial charge on any atom is -0.398 e. The van der Waals surface area contributed by atoms with E-state index in [9.17, 15) is 0 Å². The molecule has 80 valence electrons. The molecule has 0 aliphatic rings. The van der Waals surface area contributed by atoms with E-state index in [1.54, 1.807) is 18.2 Å². The Balaban J connectivity index is 2.90. The summed E-state index contributed by atoms with van der Waals surface area (Å²) in [6.45, 7) is 3.77. The summed E-state index contributed by atoms with van der Waals surface area (Å²) in [5.41, 5.74) is 6.96. The van der Waals surface area contributed by atoms with Crippen LogP contribution < -0.4 is 11.1 Å². The lowest BCUT2D eigenvalue weighted by Crippen LogP contribution is -2.34. The molecule has 4 N–H and O–H groups in total. The zero-order valence-corrected chi connectivity index (χ0v) is 8.91. The molecule has 0 aliphatic carbocycles. The number of hydrogen-bond donors (Lipinski definition) is 3. The minimum absolute atomic E-state index is 0.0207. The Bertz CT molecular complexity index is 393. The number of nitrogen functional groups attached to an aromatic ring is 1. The van der Waals surface area contributed by atoms with Crippen molar-refractivity contribution in [3.05, 3.63) is 23.8 Å². The zero-order chi connectivity index (χ0) is 11.5. The highest BCUT2D eigenvalue weighted by molar-refractivity contribution is 5.63. The first-order valence-electron chi connectivity index (χ1n) is 4.67. The maximum Gasteiger partial charge on any atom is 0.101 e. The number of nitrogens with zero attached hydrogens (tertiary/aromatic N) is 1. The van der Waals surface area contributed by atoms with E-state index in [4.69, 9.17) is 16.1 Å². The average molecular weight is 205 g/mol. The molecule has 0 spiro atoms. The number of anilines is 2. The summed E-state index contributed by atoms with van der Waals surface area (Å²) in [5.74, 6) is 0. The van der Waals surface area contributed by atoms with Crippen LogP contribution in [0.4, 0.5) is 11.4 Å². The second-order valence-electron chi connectivity index (χ2n) is 4.08. The van der Waals surface area contributed by atoms with E-state index in [-0.39, 0.29) is 6.61 Å². The third kappa shape index (κ3) is 2.86. The molecule has 0 bridgehead atoms. The summed E-state index contributed by atoms with van der Waals surface area (Å²) in [4.78, 5) is 0. The molecule has 0 aliphatic heterocycles. The van der Waals surface area contributed by atoms with Crippen molar-refractivity contribution in [3.63, 3.8) is 0 Å². The van der Waals surface area contributed by atoms with Crippen molar-refractivity contribution in [3.8, 4) is 6.07 Å². The third-order valence-corrected chi connectivity index (χ3v) is 2.05. The van der Waals surface area contributed by atoms with Crippen molar-refractivity contribution in [2.24, 2.45) is 0 Å². The van der Waals surface area contributed by atoms with E-state index in [0.717, 1.165) is 5.69 Å². The molecular weight excluding hydrogens is 190 g/mol. The molecule has 0 atom stereocenters. The van der Waals surface area contributed by atoms with E-state index in [1.807, 2.05) is 19.9 Å². The maximum atomic E-state index is 9.08. The first-order chi connectivity index (χ1) is 6.98. The lowest BCUT2D eigenvalue weighted by atomic mass is 10.1. The molecule has 1 aromatic rings. The molecule has 4 nitrogen and oxygen atoms in total. The molecule has 0 amide bonds. The van der Waals surface area contributed by atoms with Crippen LogP contribution in [-0.4, -0.2) is 17.3 Å². The standard InChI is InChI=1S/C11H15N3O/c1-11(2,7-15)14-9-4-3-8(6-12)10(13)5-9/h3-5,14-15H,7,13H2,1-2H3. The summed E-state index contributed by atoms with van der Waals surface area (Å²) in [6.07, 6.45) is 0. The number of nitriles is 1. The van der Waals surface area contributed by atoms with E-state index in [2.05, 4.69) is 5.32 Å². The fourth-order valence-electron chi connectivity index (χ4n) is 1.17. The quantitative estimate of drug-likeness (QED) is 0.650. The van der Waals surface area contributed by atoms with Gasteiger partial charge in [0.25, 0.3) is 0 Å². The SMILES string of the molecule is CC(C)(CO)Nc1ccc(C#N)c(N)c1. The average Bonchev–Trinajstić information content (AvgIpc) is 2.17. The molecule has 15 heavy (non-hydrogen) atoms. The van der Waals surface area contributed by atoms with Crippen LogP contribution in [0.25, 0.3) is 0 Å². The molecule has 0 fully saturated rings. The van der Waals surface area contributed by atoms with Crippen LogP contribution in [0.5, 0.6) is 0 Å². The summed E-state index contributed by atoms with van der Waals surface area (Å²) >= 11 is 0. The summed E-state index contributed by atoms with van der Waals surface area (Å²) < 4.78 is 0. The van der Waals surface area contributed by atoms with Gasteiger partial charge in [0.15, 0.2) is 0 Å². The van der Waals surface area contributed by atoms with Crippen molar-refractivity contribution < 1.29 is 5.11 Å². The highest BCUT2D eigenvalue weighted by Gasteiger charge is 2.15. The van der Waals surface area contributed by atoms with Crippen LogP contribution in [0, 0.1) is 11.3 Å². The van der Waals surface area contributed by atoms with Crippen LogP contribution in [0.3, 0.4) is 0 Å². The predicted molar refractivity (Wildman–Crippen MR) is 60.4 cm³/mol. The van der Waals surface area contributed by atoms with Gasteiger partial charge in [0.05, 0.1) is 23.4 Å². The molecule has 4 heteroatoms. The van der Waals surface area contributed by atoms with Crippen LogP contribution in [-0.2, 0) is 0 Å². The number of aliphatic hydroxyl groups excluding tert-OH is 1. The van der Waals surface area contributed by atoms with Crippen molar-refractivity contribution in [1.29, 1.82) is 5.26 Å². The normalized spacial score (nSPS) is 10.8. The number of nitrogens with one attached hydrogen (secondary N) is 1. The number of nitrogens with two attached hydrogens (primary N) is 1. The van der Waals surface area contributed by atoms with Crippen LogP contribution >= 0.6 is 0 Å². The summed E-state index contributed by atoms with van der Waals surface area (Å²) in [5, 5.41) is 20.9. The second-order valence-corrected chi connectivity index (χ2v) is 4.08. The Labute approximate surface area is 89.3 Å². The highest BCUT2D eigenvalue weighted by atomic mass is 16.3. The smallest absolute Gasteiger partial charge is 0.101 e. The number of hydrogen-bond acceptors (Lipinski definition) is 4. The van der Waals surface area contributed by atoms with Crippen LogP contribution in [0.1, 0.15) is 19.4 Å². The first kappa shape index (κ1) is 11.3. The van der Waals surface area contributed by atoms with E-state index in [1.165, 1.54) is 0 Å². The fraction of sp³-hybridized carbons (Fsp3) is 0.364. The van der Waals surface area contributed by atoms with Gasteiger partial charge in [0.2, 0.25) is 0 Å². The molecule has 0 aromatic heterocycles. The van der Waals surface area contributed by atoms with Gasteiger partial charge >= 0.3 is 0 Å². The van der Waals surface area contributed by atoms with Gasteiger partial charge in [-0.2, -0.15) is 5.26 Å². The second kappa shape index (κ2) is 4.20. The van der Waals surface area contributed by atoms with Gasteiger partial charge in [0, 0.05) is 5.69 Å². The van der Waals surface area contributed by atoms with Crippen LogP contribution in [0.15, 0.2) is 18.2 Å². The number of rotatable bonds is 3. The van der Waals surface area contributed by atoms with Crippen molar-refractivity contribution in [1.82, 2.24) is 0 Å². The van der Waals surface area contributed by atoms with Crippen molar-refractivity contribution >= 4 is 11.4 Å². The number of benzene rings is 1. The molecule has 0 heterocycles. The summed E-state index contributed by atoms with van der Waals surface area (Å²) in [6, 6.07) is 7.12. The van der Waals surface area contributed by atoms with Gasteiger partial charge in [-0.15, -0.1) is 0 Å². The Morgan fingerprint density at radius 3 is 2.67 bits per heavy atom. The topological polar surface area (TPSA) is 82.1 Å². The van der Waals surface area contributed by atoms with Gasteiger partial charge in [-0.05, 0) is 32.0 Å². The largest absolute Gasteiger partial charge is 0.398 e. The Morgan fingerprint density at radius 1 is 1.53 bits per heavy atom. The Morgan fingerprint density at radius 2 is 2.20 bits per heavy atom. The van der Waals surface area contributed by atoms with Crippen molar-refractivity contribution in [2.45, 2.75) is 19.4 Å². The molecule has 0 saturated heterocycles. The van der Waals surface area contributed by atoms with E-state index < -0.39 is 5.54 Å². The van der Waals surface area contributed by atoms with Gasteiger partial charge in [-0.1, -0.05) is 0 Å². The third-order valence-electron chi connectivity index (χ3n) is 2.05. The maximum absolute atomic E-state index is 9.08. The fourth-order valence-corrected chi connectivity index (χ4v) is 1.17. The van der Waals surface area contributed by atoms with Gasteiger partial charge in [-0.3, -0.25) is 0 Å².